The maximum absolute atomic E-state index is 14.1. The van der Waals surface area contributed by atoms with Gasteiger partial charge in [0.2, 0.25) is 0 Å². The van der Waals surface area contributed by atoms with Crippen LogP contribution >= 0.6 is 18.5 Å². The Morgan fingerprint density at radius 2 is 1.27 bits per heavy atom. The van der Waals surface area contributed by atoms with Gasteiger partial charge in [0.1, 0.15) is 11.6 Å². The van der Waals surface area contributed by atoms with E-state index in [1.807, 2.05) is 42.5 Å². The van der Waals surface area contributed by atoms with Crippen molar-refractivity contribution in [1.82, 2.24) is 0 Å². The van der Waals surface area contributed by atoms with Gasteiger partial charge in [0, 0.05) is 5.30 Å². The van der Waals surface area contributed by atoms with Crippen LogP contribution in [0.25, 0.3) is 11.1 Å². The van der Waals surface area contributed by atoms with Crippen molar-refractivity contribution >= 4 is 29.1 Å². The molecule has 3 aromatic carbocycles. The Kier molecular flexibility index (Phi) is 4.52. The first-order valence-electron chi connectivity index (χ1n) is 6.73. The van der Waals surface area contributed by atoms with Crippen LogP contribution in [-0.4, -0.2) is 0 Å². The van der Waals surface area contributed by atoms with E-state index in [-0.39, 0.29) is 5.56 Å². The number of rotatable bonds is 3. The summed E-state index contributed by atoms with van der Waals surface area (Å²) in [5, 5.41) is 1.69. The summed E-state index contributed by atoms with van der Waals surface area (Å²) < 4.78 is 28.2. The minimum Gasteiger partial charge on any atom is -0.206 e. The van der Waals surface area contributed by atoms with Crippen molar-refractivity contribution in [3.05, 3.63) is 84.4 Å². The van der Waals surface area contributed by atoms with E-state index in [0.717, 1.165) is 10.6 Å². The Hall–Kier alpha value is -1.76. The third-order valence-corrected chi connectivity index (χ3v) is 6.03. The lowest BCUT2D eigenvalue weighted by Gasteiger charge is -2.16. The lowest BCUT2D eigenvalue weighted by molar-refractivity contribution is 0.590. The summed E-state index contributed by atoms with van der Waals surface area (Å²) in [5.74, 6) is -1.17. The van der Waals surface area contributed by atoms with Gasteiger partial charge in [-0.3, -0.25) is 0 Å². The maximum atomic E-state index is 14.1. The number of halogens is 3. The molecule has 0 saturated carbocycles. The predicted molar refractivity (Wildman–Crippen MR) is 90.3 cm³/mol. The minimum atomic E-state index is -1.20. The molecule has 0 heterocycles. The smallest absolute Gasteiger partial charge is 0.133 e. The highest BCUT2D eigenvalue weighted by molar-refractivity contribution is 7.95. The summed E-state index contributed by atoms with van der Waals surface area (Å²) in [6.45, 7) is 0. The standard InChI is InChI=1S/C18H12ClF2P/c19-22(13-7-2-1-3-8-13)17-12-5-4-9-14(17)18-15(20)10-6-11-16(18)21/h1-12H. The monoisotopic (exact) mass is 332 g/mol. The normalized spacial score (nSPS) is 12.1. The highest BCUT2D eigenvalue weighted by Crippen LogP contribution is 2.42. The second kappa shape index (κ2) is 6.56. The van der Waals surface area contributed by atoms with Crippen LogP contribution in [0.5, 0.6) is 0 Å². The topological polar surface area (TPSA) is 0 Å². The molecule has 3 aromatic rings. The molecule has 0 amide bonds. The van der Waals surface area contributed by atoms with Gasteiger partial charge >= 0.3 is 0 Å². The minimum absolute atomic E-state index is 0.0258. The predicted octanol–water partition coefficient (Wildman–Crippen LogP) is 5.22. The zero-order chi connectivity index (χ0) is 15.5. The summed E-state index contributed by atoms with van der Waals surface area (Å²) in [5.41, 5.74) is 0.477. The first-order chi connectivity index (χ1) is 10.7. The molecule has 0 N–H and O–H groups in total. The Bertz CT molecular complexity index is 770. The average Bonchev–Trinajstić information content (AvgIpc) is 2.55. The lowest BCUT2D eigenvalue weighted by Crippen LogP contribution is -2.11. The van der Waals surface area contributed by atoms with E-state index in [0.29, 0.717) is 5.56 Å². The van der Waals surface area contributed by atoms with Crippen molar-refractivity contribution in [2.75, 3.05) is 0 Å². The van der Waals surface area contributed by atoms with E-state index in [4.69, 9.17) is 11.2 Å². The molecule has 0 aliphatic heterocycles. The molecule has 22 heavy (non-hydrogen) atoms. The largest absolute Gasteiger partial charge is 0.206 e. The van der Waals surface area contributed by atoms with Crippen LogP contribution in [-0.2, 0) is 0 Å². The average molecular weight is 333 g/mol. The molecule has 0 fully saturated rings. The second-order valence-corrected chi connectivity index (χ2v) is 7.30. The molecular weight excluding hydrogens is 321 g/mol. The SMILES string of the molecule is Fc1cccc(F)c1-c1ccccc1P(Cl)c1ccccc1. The third kappa shape index (κ3) is 2.90. The molecule has 0 aromatic heterocycles. The molecule has 0 aliphatic rings. The number of hydrogen-bond acceptors (Lipinski definition) is 0. The van der Waals surface area contributed by atoms with Gasteiger partial charge in [-0.05, 0) is 23.0 Å². The molecule has 110 valence electrons. The fraction of sp³-hybridized carbons (Fsp3) is 0. The van der Waals surface area contributed by atoms with Crippen LogP contribution in [0.15, 0.2) is 72.8 Å². The number of benzene rings is 3. The van der Waals surface area contributed by atoms with E-state index < -0.39 is 18.9 Å². The van der Waals surface area contributed by atoms with E-state index >= 15 is 0 Å². The molecule has 1 atom stereocenters. The van der Waals surface area contributed by atoms with Crippen molar-refractivity contribution in [1.29, 1.82) is 0 Å². The summed E-state index contributed by atoms with van der Waals surface area (Å²) in [6, 6.07) is 20.6. The molecule has 0 bridgehead atoms. The van der Waals surface area contributed by atoms with Crippen LogP contribution in [0.2, 0.25) is 0 Å². The molecular formula is C18H12ClF2P. The van der Waals surface area contributed by atoms with Crippen LogP contribution in [0.4, 0.5) is 8.78 Å². The van der Waals surface area contributed by atoms with Crippen LogP contribution in [0, 0.1) is 11.6 Å². The van der Waals surface area contributed by atoms with Gasteiger partial charge in [-0.25, -0.2) is 8.78 Å². The van der Waals surface area contributed by atoms with E-state index in [2.05, 4.69) is 0 Å². The molecule has 3 rings (SSSR count). The zero-order valence-electron chi connectivity index (χ0n) is 11.5. The Morgan fingerprint density at radius 1 is 0.682 bits per heavy atom. The molecule has 1 unspecified atom stereocenters. The molecule has 0 aliphatic carbocycles. The van der Waals surface area contributed by atoms with Crippen molar-refractivity contribution in [3.63, 3.8) is 0 Å². The zero-order valence-corrected chi connectivity index (χ0v) is 13.2. The summed E-state index contributed by atoms with van der Waals surface area (Å²) in [7, 11) is -1.20. The van der Waals surface area contributed by atoms with Crippen LogP contribution in [0.1, 0.15) is 0 Å². The van der Waals surface area contributed by atoms with Gasteiger partial charge in [0.15, 0.2) is 0 Å². The van der Waals surface area contributed by atoms with Gasteiger partial charge in [0.25, 0.3) is 0 Å². The van der Waals surface area contributed by atoms with Gasteiger partial charge < -0.3 is 0 Å². The van der Waals surface area contributed by atoms with E-state index in [9.17, 15) is 8.78 Å². The fourth-order valence-corrected chi connectivity index (χ4v) is 4.42. The van der Waals surface area contributed by atoms with Gasteiger partial charge in [-0.1, -0.05) is 71.9 Å². The quantitative estimate of drug-likeness (QED) is 0.577. The van der Waals surface area contributed by atoms with E-state index in [1.165, 1.54) is 18.2 Å². The number of hydrogen-bond donors (Lipinski definition) is 0. The lowest BCUT2D eigenvalue weighted by atomic mass is 10.0. The highest BCUT2D eigenvalue weighted by atomic mass is 35.7. The molecule has 0 nitrogen and oxygen atoms in total. The van der Waals surface area contributed by atoms with Crippen molar-refractivity contribution in [2.24, 2.45) is 0 Å². The maximum Gasteiger partial charge on any atom is 0.133 e. The van der Waals surface area contributed by atoms with Gasteiger partial charge in [0.05, 0.1) is 12.8 Å². The van der Waals surface area contributed by atoms with Crippen LogP contribution in [0.3, 0.4) is 0 Å². The van der Waals surface area contributed by atoms with Gasteiger partial charge in [-0.15, -0.1) is 0 Å². The molecule has 0 spiro atoms. The summed E-state index contributed by atoms with van der Waals surface area (Å²) in [6.07, 6.45) is 0. The van der Waals surface area contributed by atoms with Crippen LogP contribution < -0.4 is 10.6 Å². The highest BCUT2D eigenvalue weighted by Gasteiger charge is 2.19. The van der Waals surface area contributed by atoms with Crippen molar-refractivity contribution < 1.29 is 8.78 Å². The first kappa shape index (κ1) is 15.1. The summed E-state index contributed by atoms with van der Waals surface area (Å²) >= 11 is 6.61. The second-order valence-electron chi connectivity index (χ2n) is 4.73. The molecule has 0 radical (unpaired) electrons. The van der Waals surface area contributed by atoms with Crippen molar-refractivity contribution in [3.8, 4) is 11.1 Å². The molecule has 4 heteroatoms. The summed E-state index contributed by atoms with van der Waals surface area (Å²) in [4.78, 5) is 0. The molecule has 0 saturated heterocycles. The Labute approximate surface area is 133 Å². The first-order valence-corrected chi connectivity index (χ1v) is 8.97. The fourth-order valence-electron chi connectivity index (χ4n) is 2.31. The Morgan fingerprint density at radius 3 is 1.95 bits per heavy atom. The Balaban J connectivity index is 2.16. The van der Waals surface area contributed by atoms with Gasteiger partial charge in [-0.2, -0.15) is 0 Å². The van der Waals surface area contributed by atoms with E-state index in [1.54, 1.807) is 12.1 Å². The third-order valence-electron chi connectivity index (χ3n) is 3.33. The van der Waals surface area contributed by atoms with Crippen molar-refractivity contribution in [2.45, 2.75) is 0 Å².